The molecule has 1 amide bonds. The summed E-state index contributed by atoms with van der Waals surface area (Å²) in [5.41, 5.74) is 1.26. The number of hydrogen-bond donors (Lipinski definition) is 0. The standard InChI is InChI=1S/C11H9BrN2O/c12-9-5-11(15)14(7-9)10-4-2-1-3-8(10)6-13/h1-4,9H,5,7H2. The van der Waals surface area contributed by atoms with E-state index in [-0.39, 0.29) is 10.7 Å². The molecule has 0 aromatic heterocycles. The molecule has 76 valence electrons. The lowest BCUT2D eigenvalue weighted by atomic mass is 10.2. The average Bonchev–Trinajstić information content (AvgIpc) is 2.57. The molecule has 1 saturated heterocycles. The number of nitriles is 1. The van der Waals surface area contributed by atoms with Crippen LogP contribution in [0.5, 0.6) is 0 Å². The lowest BCUT2D eigenvalue weighted by Crippen LogP contribution is -2.25. The van der Waals surface area contributed by atoms with Crippen LogP contribution in [-0.2, 0) is 4.79 Å². The van der Waals surface area contributed by atoms with Gasteiger partial charge in [0.25, 0.3) is 0 Å². The van der Waals surface area contributed by atoms with E-state index in [9.17, 15) is 4.79 Å². The van der Waals surface area contributed by atoms with E-state index in [1.54, 1.807) is 17.0 Å². The largest absolute Gasteiger partial charge is 0.310 e. The van der Waals surface area contributed by atoms with E-state index in [2.05, 4.69) is 22.0 Å². The van der Waals surface area contributed by atoms with Crippen LogP contribution in [0.4, 0.5) is 5.69 Å². The third-order valence-corrected chi connectivity index (χ3v) is 3.01. The van der Waals surface area contributed by atoms with E-state index in [1.807, 2.05) is 12.1 Å². The molecule has 1 atom stereocenters. The molecule has 0 aliphatic carbocycles. The van der Waals surface area contributed by atoms with Crippen molar-refractivity contribution in [2.24, 2.45) is 0 Å². The highest BCUT2D eigenvalue weighted by Gasteiger charge is 2.29. The summed E-state index contributed by atoms with van der Waals surface area (Å²) in [5.74, 6) is 0.0691. The molecule has 4 heteroatoms. The monoisotopic (exact) mass is 264 g/mol. The average molecular weight is 265 g/mol. The molecule has 1 aromatic rings. The lowest BCUT2D eigenvalue weighted by molar-refractivity contribution is -0.117. The second-order valence-corrected chi connectivity index (χ2v) is 4.73. The minimum Gasteiger partial charge on any atom is -0.310 e. The summed E-state index contributed by atoms with van der Waals surface area (Å²) in [7, 11) is 0. The van der Waals surface area contributed by atoms with Gasteiger partial charge in [-0.3, -0.25) is 4.79 Å². The Morgan fingerprint density at radius 2 is 2.20 bits per heavy atom. The number of benzene rings is 1. The molecule has 0 spiro atoms. The predicted molar refractivity (Wildman–Crippen MR) is 60.8 cm³/mol. The Hall–Kier alpha value is -1.34. The zero-order valence-electron chi connectivity index (χ0n) is 7.98. The van der Waals surface area contributed by atoms with Crippen molar-refractivity contribution >= 4 is 27.5 Å². The molecule has 0 saturated carbocycles. The molecule has 2 rings (SSSR count). The minimum absolute atomic E-state index is 0.0691. The highest BCUT2D eigenvalue weighted by molar-refractivity contribution is 9.09. The maximum atomic E-state index is 11.6. The number of carbonyl (C=O) groups is 1. The Bertz CT molecular complexity index is 438. The van der Waals surface area contributed by atoms with Crippen LogP contribution in [0.2, 0.25) is 0 Å². The first kappa shape index (κ1) is 10.2. The number of hydrogen-bond acceptors (Lipinski definition) is 2. The zero-order valence-corrected chi connectivity index (χ0v) is 9.57. The highest BCUT2D eigenvalue weighted by atomic mass is 79.9. The van der Waals surface area contributed by atoms with Crippen molar-refractivity contribution < 1.29 is 4.79 Å². The molecule has 15 heavy (non-hydrogen) atoms. The summed E-state index contributed by atoms with van der Waals surface area (Å²) in [4.78, 5) is 13.5. The smallest absolute Gasteiger partial charge is 0.228 e. The molecule has 1 fully saturated rings. The topological polar surface area (TPSA) is 44.1 Å². The van der Waals surface area contributed by atoms with Crippen LogP contribution < -0.4 is 4.90 Å². The van der Waals surface area contributed by atoms with Gasteiger partial charge in [-0.25, -0.2) is 0 Å². The van der Waals surface area contributed by atoms with E-state index >= 15 is 0 Å². The number of halogens is 1. The third-order valence-electron chi connectivity index (χ3n) is 2.39. The SMILES string of the molecule is N#Cc1ccccc1N1CC(Br)CC1=O. The maximum absolute atomic E-state index is 11.6. The molecule has 1 aromatic carbocycles. The van der Waals surface area contributed by atoms with Gasteiger partial charge in [0.05, 0.1) is 11.3 Å². The van der Waals surface area contributed by atoms with Crippen molar-refractivity contribution in [2.75, 3.05) is 11.4 Å². The molecule has 1 unspecified atom stereocenters. The van der Waals surface area contributed by atoms with Crippen LogP contribution in [-0.4, -0.2) is 17.3 Å². The van der Waals surface area contributed by atoms with Gasteiger partial charge in [0.2, 0.25) is 5.91 Å². The molecule has 0 N–H and O–H groups in total. The van der Waals surface area contributed by atoms with Crippen LogP contribution in [0.3, 0.4) is 0 Å². The molecular formula is C11H9BrN2O. The minimum atomic E-state index is 0.0691. The molecule has 1 heterocycles. The van der Waals surface area contributed by atoms with Crippen molar-refractivity contribution in [3.63, 3.8) is 0 Å². The third kappa shape index (κ3) is 1.88. The molecule has 1 aliphatic heterocycles. The van der Waals surface area contributed by atoms with E-state index in [1.165, 1.54) is 0 Å². The van der Waals surface area contributed by atoms with Crippen molar-refractivity contribution in [1.29, 1.82) is 5.26 Å². The van der Waals surface area contributed by atoms with Crippen molar-refractivity contribution in [3.8, 4) is 6.07 Å². The van der Waals surface area contributed by atoms with Gasteiger partial charge in [-0.1, -0.05) is 28.1 Å². The highest BCUT2D eigenvalue weighted by Crippen LogP contribution is 2.27. The summed E-state index contributed by atoms with van der Waals surface area (Å²) in [6, 6.07) is 9.27. The van der Waals surface area contributed by atoms with Gasteiger partial charge in [-0.05, 0) is 12.1 Å². The summed E-state index contributed by atoms with van der Waals surface area (Å²) in [5, 5.41) is 8.93. The Morgan fingerprint density at radius 3 is 2.80 bits per heavy atom. The number of carbonyl (C=O) groups excluding carboxylic acids is 1. The first-order valence-corrected chi connectivity index (χ1v) is 5.57. The summed E-state index contributed by atoms with van der Waals surface area (Å²) in [6.45, 7) is 0.636. The number of amides is 1. The fraction of sp³-hybridized carbons (Fsp3) is 0.273. The van der Waals surface area contributed by atoms with Gasteiger partial charge < -0.3 is 4.90 Å². The van der Waals surface area contributed by atoms with Crippen LogP contribution in [0, 0.1) is 11.3 Å². The van der Waals surface area contributed by atoms with Gasteiger partial charge in [-0.2, -0.15) is 5.26 Å². The van der Waals surface area contributed by atoms with Gasteiger partial charge in [-0.15, -0.1) is 0 Å². The first-order chi connectivity index (χ1) is 7.22. The Balaban J connectivity index is 2.38. The maximum Gasteiger partial charge on any atom is 0.228 e. The van der Waals surface area contributed by atoms with E-state index < -0.39 is 0 Å². The Kier molecular flexibility index (Phi) is 2.74. The predicted octanol–water partition coefficient (Wildman–Crippen LogP) is 2.06. The van der Waals surface area contributed by atoms with E-state index in [0.29, 0.717) is 24.2 Å². The van der Waals surface area contributed by atoms with Gasteiger partial charge in [0, 0.05) is 17.8 Å². The molecule has 3 nitrogen and oxygen atoms in total. The van der Waals surface area contributed by atoms with Crippen molar-refractivity contribution in [3.05, 3.63) is 29.8 Å². The van der Waals surface area contributed by atoms with Crippen molar-refractivity contribution in [1.82, 2.24) is 0 Å². The van der Waals surface area contributed by atoms with Crippen molar-refractivity contribution in [2.45, 2.75) is 11.2 Å². The quantitative estimate of drug-likeness (QED) is 0.729. The Morgan fingerprint density at radius 1 is 1.47 bits per heavy atom. The molecule has 1 aliphatic rings. The van der Waals surface area contributed by atoms with Gasteiger partial charge in [0.15, 0.2) is 0 Å². The second kappa shape index (κ2) is 4.03. The van der Waals surface area contributed by atoms with E-state index in [0.717, 1.165) is 0 Å². The number of rotatable bonds is 1. The number of nitrogens with zero attached hydrogens (tertiary/aromatic N) is 2. The zero-order chi connectivity index (χ0) is 10.8. The summed E-state index contributed by atoms with van der Waals surface area (Å²) >= 11 is 3.42. The molecule has 0 radical (unpaired) electrons. The van der Waals surface area contributed by atoms with Crippen LogP contribution >= 0.6 is 15.9 Å². The summed E-state index contributed by atoms with van der Waals surface area (Å²) < 4.78 is 0. The Labute approximate surface area is 96.4 Å². The van der Waals surface area contributed by atoms with E-state index in [4.69, 9.17) is 5.26 Å². The van der Waals surface area contributed by atoms with Crippen LogP contribution in [0.15, 0.2) is 24.3 Å². The fourth-order valence-corrected chi connectivity index (χ4v) is 2.27. The van der Waals surface area contributed by atoms with Gasteiger partial charge >= 0.3 is 0 Å². The fourth-order valence-electron chi connectivity index (χ4n) is 1.70. The molecular weight excluding hydrogens is 256 g/mol. The normalized spacial score (nSPS) is 20.4. The van der Waals surface area contributed by atoms with Crippen LogP contribution in [0.1, 0.15) is 12.0 Å². The number of anilines is 1. The number of alkyl halides is 1. The molecule has 0 bridgehead atoms. The lowest BCUT2D eigenvalue weighted by Gasteiger charge is -2.16. The first-order valence-electron chi connectivity index (χ1n) is 4.66. The number of para-hydroxylation sites is 1. The summed E-state index contributed by atoms with van der Waals surface area (Å²) in [6.07, 6.45) is 0.500. The van der Waals surface area contributed by atoms with Crippen LogP contribution in [0.25, 0.3) is 0 Å². The van der Waals surface area contributed by atoms with Gasteiger partial charge in [0.1, 0.15) is 6.07 Å². The second-order valence-electron chi connectivity index (χ2n) is 3.43.